The maximum absolute atomic E-state index is 9.69. The first-order valence-corrected chi connectivity index (χ1v) is 25.7. The molecule has 0 aliphatic carbocycles. The van der Waals surface area contributed by atoms with Crippen LogP contribution in [0, 0.1) is 20.8 Å². The molecule has 4 N–H and O–H groups in total. The molecule has 0 heterocycles. The third kappa shape index (κ3) is 70.5. The molecule has 14 nitrogen and oxygen atoms in total. The normalized spacial score (nSPS) is 13.0. The van der Waals surface area contributed by atoms with Crippen LogP contribution in [0.3, 0.4) is 0 Å². The van der Waals surface area contributed by atoms with Crippen molar-refractivity contribution in [1.29, 1.82) is 0 Å². The SMILES string of the molecule is O=S(=O)=O.[B]CC(O)COCCC[Si](C)(C)O[Si](C)(C)O[Si](C)(C)CCCOCC(O)C[B].[CH2-]C(O)CS(=O)(=O)[O-].[CH2-]C([CH2-])O.[Na+].[Na+].[Y].[Y]. The second-order valence-electron chi connectivity index (χ2n) is 11.5. The van der Waals surface area contributed by atoms with E-state index in [1.807, 2.05) is 0 Å². The van der Waals surface area contributed by atoms with Gasteiger partial charge in [-0.15, -0.1) is 12.6 Å². The molecule has 0 saturated heterocycles. The van der Waals surface area contributed by atoms with Crippen molar-refractivity contribution in [2.24, 2.45) is 0 Å². The van der Waals surface area contributed by atoms with Gasteiger partial charge < -0.3 is 63.5 Å². The van der Waals surface area contributed by atoms with Crippen LogP contribution in [0.2, 0.25) is 64.0 Å². The summed E-state index contributed by atoms with van der Waals surface area (Å²) in [5.74, 6) is -0.812. The average Bonchev–Trinajstić information content (AvgIpc) is 2.79. The van der Waals surface area contributed by atoms with Crippen molar-refractivity contribution in [2.45, 2.75) is 101 Å². The van der Waals surface area contributed by atoms with Crippen molar-refractivity contribution in [2.75, 3.05) is 32.2 Å². The molecule has 0 rings (SSSR count). The van der Waals surface area contributed by atoms with Crippen LogP contribution in [0.5, 0.6) is 0 Å². The van der Waals surface area contributed by atoms with Crippen molar-refractivity contribution < 1.29 is 188 Å². The Labute approximate surface area is 398 Å². The standard InChI is InChI=1S/C18H42B2O6Si3.C3H7O4S.C3H6O.2Na.O3S.2Y/c1-27(2,11-7-9-23-15-17(21)13-19)25-29(5,6)26-28(3,4)12-8-10-24-16-18(22)14-20;1-3(4)2-8(5,6)7;1-3(2)4;;;1-4(2)3;;/h17-18,21-22H,7-16H2,1-6H3;3-4H,1-2H2,(H,5,6,7);3-4H,1-2H2;;;;;/q;-1;-2;2*+1;;;/p-1. The Morgan fingerprint density at radius 1 is 0.735 bits per heavy atom. The van der Waals surface area contributed by atoms with E-state index in [0.717, 1.165) is 24.9 Å². The molecular formula is C24H54B2Na2O14S2Si3Y2-2. The molecular weight excluding hydrogens is 906 g/mol. The third-order valence-electron chi connectivity index (χ3n) is 4.74. The third-order valence-corrected chi connectivity index (χ3v) is 17.0. The van der Waals surface area contributed by atoms with Crippen LogP contribution in [0.25, 0.3) is 0 Å². The molecule has 0 fully saturated rings. The van der Waals surface area contributed by atoms with Crippen LogP contribution in [-0.4, -0.2) is 144 Å². The van der Waals surface area contributed by atoms with Crippen molar-refractivity contribution in [3.8, 4) is 0 Å². The summed E-state index contributed by atoms with van der Waals surface area (Å²) in [4.78, 5) is 0. The molecule has 0 aliphatic heterocycles. The van der Waals surface area contributed by atoms with Crippen LogP contribution < -0.4 is 59.1 Å². The largest absolute Gasteiger partial charge is 1.00 e. The van der Waals surface area contributed by atoms with Gasteiger partial charge in [0.15, 0.2) is 16.6 Å². The minimum absolute atomic E-state index is 0. The Kier molecular flexibility index (Phi) is 58.5. The van der Waals surface area contributed by atoms with Gasteiger partial charge in [0, 0.05) is 84.4 Å². The van der Waals surface area contributed by atoms with Crippen LogP contribution in [0.1, 0.15) is 12.8 Å². The Morgan fingerprint density at radius 3 is 1.18 bits per heavy atom. The number of ether oxygens (including phenoxy) is 2. The second-order valence-corrected chi connectivity index (χ2v) is 25.8. The predicted octanol–water partition coefficient (Wildman–Crippen LogP) is -5.42. The van der Waals surface area contributed by atoms with E-state index in [9.17, 15) is 23.2 Å². The molecule has 0 spiro atoms. The van der Waals surface area contributed by atoms with Gasteiger partial charge in [-0.1, -0.05) is 18.7 Å². The van der Waals surface area contributed by atoms with E-state index < -0.39 is 76.1 Å². The van der Waals surface area contributed by atoms with Gasteiger partial charge in [-0.25, -0.2) is 14.5 Å². The van der Waals surface area contributed by atoms with Crippen LogP contribution in [0.4, 0.5) is 0 Å². The molecule has 0 aromatic rings. The summed E-state index contributed by atoms with van der Waals surface area (Å²) in [6, 6.07) is 1.98. The molecule has 0 amide bonds. The molecule has 49 heavy (non-hydrogen) atoms. The Hall–Kier alpha value is 4.20. The van der Waals surface area contributed by atoms with Crippen LogP contribution in [0.15, 0.2) is 0 Å². The van der Waals surface area contributed by atoms with E-state index in [2.05, 4.69) is 60.1 Å². The fourth-order valence-electron chi connectivity index (χ4n) is 3.46. The minimum atomic E-state index is -4.29. The zero-order valence-corrected chi connectivity index (χ0v) is 45.0. The molecule has 0 bridgehead atoms. The van der Waals surface area contributed by atoms with E-state index in [-0.39, 0.29) is 150 Å². The fraction of sp³-hybridized carbons (Fsp3) is 0.875. The minimum Gasteiger partial charge on any atom is -0.748 e. The van der Waals surface area contributed by atoms with Crippen molar-refractivity contribution in [3.63, 3.8) is 0 Å². The number of aliphatic hydroxyl groups excluding tert-OH is 4. The Balaban J connectivity index is -0.000000116. The van der Waals surface area contributed by atoms with E-state index in [1.54, 1.807) is 0 Å². The molecule has 6 radical (unpaired) electrons. The first-order valence-electron chi connectivity index (χ1n) is 14.1. The average molecular weight is 960 g/mol. The van der Waals surface area contributed by atoms with Gasteiger partial charge in [0.05, 0.1) is 51.2 Å². The molecule has 274 valence electrons. The van der Waals surface area contributed by atoms with Gasteiger partial charge in [-0.3, -0.25) is 0 Å². The Bertz CT molecular complexity index is 905. The zero-order valence-electron chi connectivity index (χ0n) is 30.7. The first-order chi connectivity index (χ1) is 20.2. The topological polar surface area (TPSA) is 226 Å². The van der Waals surface area contributed by atoms with E-state index >= 15 is 0 Å². The van der Waals surface area contributed by atoms with Gasteiger partial charge in [-0.05, 0) is 64.2 Å². The van der Waals surface area contributed by atoms with Crippen molar-refractivity contribution in [3.05, 3.63) is 20.8 Å². The molecule has 3 unspecified atom stereocenters. The summed E-state index contributed by atoms with van der Waals surface area (Å²) in [7, 11) is -2.61. The molecule has 25 heteroatoms. The second kappa shape index (κ2) is 40.4. The van der Waals surface area contributed by atoms with Gasteiger partial charge in [0.1, 0.15) is 0 Å². The van der Waals surface area contributed by atoms with Crippen molar-refractivity contribution >= 4 is 61.6 Å². The zero-order chi connectivity index (χ0) is 36.5. The number of rotatable bonds is 20. The van der Waals surface area contributed by atoms with E-state index in [0.29, 0.717) is 13.2 Å². The summed E-state index contributed by atoms with van der Waals surface area (Å²) in [5.41, 5.74) is 0. The number of aliphatic hydroxyl groups is 4. The first kappa shape index (κ1) is 71.0. The summed E-state index contributed by atoms with van der Waals surface area (Å²) < 4.78 is 78.5. The van der Waals surface area contributed by atoms with E-state index in [4.69, 9.17) is 56.2 Å². The van der Waals surface area contributed by atoms with Gasteiger partial charge in [0.25, 0.3) is 0 Å². The fourth-order valence-corrected chi connectivity index (χ4v) is 17.9. The van der Waals surface area contributed by atoms with E-state index in [1.165, 1.54) is 0 Å². The smallest absolute Gasteiger partial charge is 0.748 e. The number of hydrogen-bond donors (Lipinski definition) is 4. The monoisotopic (exact) mass is 960 g/mol. The summed E-state index contributed by atoms with van der Waals surface area (Å²) in [6.07, 6.45) is -0.873. The summed E-state index contributed by atoms with van der Waals surface area (Å²) >= 11 is 0. The van der Waals surface area contributed by atoms with Crippen LogP contribution in [-0.2, 0) is 104 Å². The molecule has 0 aromatic carbocycles. The van der Waals surface area contributed by atoms with Crippen molar-refractivity contribution in [1.82, 2.24) is 0 Å². The Morgan fingerprint density at radius 2 is 1.00 bits per heavy atom. The quantitative estimate of drug-likeness (QED) is 0.0387. The van der Waals surface area contributed by atoms with Gasteiger partial charge in [-0.2, -0.15) is 0 Å². The maximum Gasteiger partial charge on any atom is 1.00 e. The predicted molar refractivity (Wildman–Crippen MR) is 181 cm³/mol. The molecule has 3 atom stereocenters. The molecule has 0 aliphatic rings. The van der Waals surface area contributed by atoms with Gasteiger partial charge >= 0.3 is 78.3 Å². The summed E-state index contributed by atoms with van der Waals surface area (Å²) in [6.45, 7) is 24.0. The maximum atomic E-state index is 9.69. The number of hydrogen-bond acceptors (Lipinski definition) is 14. The summed E-state index contributed by atoms with van der Waals surface area (Å²) in [5, 5.41) is 34.8. The van der Waals surface area contributed by atoms with Gasteiger partial charge in [0.2, 0.25) is 0 Å². The molecule has 0 aromatic heterocycles. The molecule has 0 saturated carbocycles. The van der Waals surface area contributed by atoms with Crippen LogP contribution >= 0.6 is 0 Å².